The normalized spacial score (nSPS) is 11.5. The Morgan fingerprint density at radius 2 is 1.82 bits per heavy atom. The van der Waals surface area contributed by atoms with Gasteiger partial charge in [-0.3, -0.25) is 9.71 Å². The second-order valence-electron chi connectivity index (χ2n) is 7.90. The first kappa shape index (κ1) is 21.6. The van der Waals surface area contributed by atoms with E-state index in [0.717, 1.165) is 23.2 Å². The Labute approximate surface area is 196 Å². The maximum Gasteiger partial charge on any atom is 0.264 e. The molecule has 34 heavy (non-hydrogen) atoms. The number of aromatic nitrogens is 4. The van der Waals surface area contributed by atoms with Gasteiger partial charge in [0, 0.05) is 25.1 Å². The van der Waals surface area contributed by atoms with Crippen molar-refractivity contribution in [3.8, 4) is 6.07 Å². The third-order valence-corrected chi connectivity index (χ3v) is 7.07. The Morgan fingerprint density at radius 3 is 2.62 bits per heavy atom. The van der Waals surface area contributed by atoms with E-state index in [-0.39, 0.29) is 4.90 Å². The van der Waals surface area contributed by atoms with Crippen LogP contribution >= 0.6 is 0 Å². The van der Waals surface area contributed by atoms with E-state index in [0.29, 0.717) is 34.4 Å². The molecule has 0 radical (unpaired) electrons. The number of para-hydroxylation sites is 1. The average Bonchev–Trinajstić information content (AvgIpc) is 3.17. The first-order valence-corrected chi connectivity index (χ1v) is 12.1. The van der Waals surface area contributed by atoms with Crippen molar-refractivity contribution in [2.45, 2.75) is 17.7 Å². The van der Waals surface area contributed by atoms with Crippen LogP contribution in [-0.2, 0) is 29.9 Å². The summed E-state index contributed by atoms with van der Waals surface area (Å²) in [4.78, 5) is 13.5. The summed E-state index contributed by atoms with van der Waals surface area (Å²) in [6, 6.07) is 19.9. The molecule has 3 aromatic heterocycles. The second-order valence-corrected chi connectivity index (χ2v) is 9.55. The molecule has 2 aromatic carbocycles. The van der Waals surface area contributed by atoms with Crippen LogP contribution in [-0.4, -0.2) is 27.9 Å². The lowest BCUT2D eigenvalue weighted by molar-refractivity contribution is 0.602. The van der Waals surface area contributed by atoms with Gasteiger partial charge in [0.25, 0.3) is 10.0 Å². The van der Waals surface area contributed by atoms with E-state index >= 15 is 0 Å². The number of nitriles is 1. The zero-order valence-corrected chi connectivity index (χ0v) is 19.1. The summed E-state index contributed by atoms with van der Waals surface area (Å²) in [5.74, 6) is 0.838. The van der Waals surface area contributed by atoms with Crippen LogP contribution in [0.4, 0.5) is 5.69 Å². The summed E-state index contributed by atoms with van der Waals surface area (Å²) >= 11 is 0. The number of hydrogen-bond acceptors (Lipinski definition) is 6. The van der Waals surface area contributed by atoms with E-state index in [4.69, 9.17) is 5.26 Å². The fourth-order valence-corrected chi connectivity index (χ4v) is 5.12. The monoisotopic (exact) mass is 468 g/mol. The maximum atomic E-state index is 13.1. The Kier molecular flexibility index (Phi) is 5.43. The predicted molar refractivity (Wildman–Crippen MR) is 130 cm³/mol. The number of aryl methyl sites for hydroxylation is 3. The molecular weight excluding hydrogens is 448 g/mol. The summed E-state index contributed by atoms with van der Waals surface area (Å²) in [5.41, 5.74) is 3.76. The number of pyridine rings is 2. The number of fused-ring (bicyclic) bond motifs is 2. The summed E-state index contributed by atoms with van der Waals surface area (Å²) in [5, 5.41) is 9.69. The van der Waals surface area contributed by atoms with Crippen LogP contribution in [0.15, 0.2) is 78.0 Å². The molecule has 0 saturated heterocycles. The van der Waals surface area contributed by atoms with E-state index < -0.39 is 10.0 Å². The Morgan fingerprint density at radius 1 is 1.03 bits per heavy atom. The molecule has 0 amide bonds. The van der Waals surface area contributed by atoms with Crippen LogP contribution in [0.3, 0.4) is 0 Å². The standard InChI is InChI=1S/C25H20N6O2S/c1-31-23(12-11-17-7-9-18(15-26)10-8-17)29-21-14-20(16-28-25(21)31)30-34(32,33)22-6-2-4-19-5-3-13-27-24(19)22/h2-10,13-14,16,30H,11-12H2,1H3. The van der Waals surface area contributed by atoms with Gasteiger partial charge in [-0.2, -0.15) is 5.26 Å². The Balaban J connectivity index is 1.40. The van der Waals surface area contributed by atoms with E-state index in [1.54, 1.807) is 36.5 Å². The van der Waals surface area contributed by atoms with E-state index in [9.17, 15) is 8.42 Å². The van der Waals surface area contributed by atoms with E-state index in [1.165, 1.54) is 12.3 Å². The number of nitrogens with one attached hydrogen (secondary N) is 1. The number of sulfonamides is 1. The van der Waals surface area contributed by atoms with Crippen molar-refractivity contribution >= 4 is 37.8 Å². The smallest absolute Gasteiger partial charge is 0.264 e. The van der Waals surface area contributed by atoms with E-state index in [1.807, 2.05) is 35.9 Å². The van der Waals surface area contributed by atoms with Crippen LogP contribution < -0.4 is 4.72 Å². The molecule has 3 heterocycles. The molecule has 168 valence electrons. The third-order valence-electron chi connectivity index (χ3n) is 5.66. The van der Waals surface area contributed by atoms with Gasteiger partial charge in [0.2, 0.25) is 0 Å². The van der Waals surface area contributed by atoms with Crippen molar-refractivity contribution in [3.63, 3.8) is 0 Å². The summed E-state index contributed by atoms with van der Waals surface area (Å²) in [6.45, 7) is 0. The van der Waals surface area contributed by atoms with Gasteiger partial charge < -0.3 is 4.57 Å². The van der Waals surface area contributed by atoms with Crippen LogP contribution in [0.1, 0.15) is 17.0 Å². The van der Waals surface area contributed by atoms with Crippen LogP contribution in [0.25, 0.3) is 22.1 Å². The average molecular weight is 469 g/mol. The lowest BCUT2D eigenvalue weighted by atomic mass is 10.1. The molecule has 5 rings (SSSR count). The quantitative estimate of drug-likeness (QED) is 0.403. The molecule has 0 spiro atoms. The zero-order valence-electron chi connectivity index (χ0n) is 18.3. The highest BCUT2D eigenvalue weighted by molar-refractivity contribution is 7.93. The Hall–Kier alpha value is -4.29. The molecule has 0 aliphatic carbocycles. The number of rotatable bonds is 6. The molecule has 8 nitrogen and oxygen atoms in total. The van der Waals surface area contributed by atoms with Crippen molar-refractivity contribution in [1.82, 2.24) is 19.5 Å². The topological polar surface area (TPSA) is 114 Å². The highest BCUT2D eigenvalue weighted by Gasteiger charge is 2.19. The molecule has 5 aromatic rings. The fraction of sp³-hybridized carbons (Fsp3) is 0.120. The van der Waals surface area contributed by atoms with Gasteiger partial charge in [-0.15, -0.1) is 0 Å². The number of anilines is 1. The molecule has 0 aliphatic heterocycles. The van der Waals surface area contributed by atoms with Crippen molar-refractivity contribution < 1.29 is 8.42 Å². The van der Waals surface area contributed by atoms with Crippen molar-refractivity contribution in [2.75, 3.05) is 4.72 Å². The fourth-order valence-electron chi connectivity index (χ4n) is 3.91. The molecular formula is C25H20N6O2S. The van der Waals surface area contributed by atoms with Crippen molar-refractivity contribution in [1.29, 1.82) is 5.26 Å². The predicted octanol–water partition coefficient (Wildman–Crippen LogP) is 3.97. The lowest BCUT2D eigenvalue weighted by Gasteiger charge is -2.09. The maximum absolute atomic E-state index is 13.1. The largest absolute Gasteiger partial charge is 0.316 e. The van der Waals surface area contributed by atoms with Crippen LogP contribution in [0.2, 0.25) is 0 Å². The number of hydrogen-bond donors (Lipinski definition) is 1. The summed E-state index contributed by atoms with van der Waals surface area (Å²) in [7, 11) is -1.98. The minimum atomic E-state index is -3.87. The molecule has 0 atom stereocenters. The molecule has 9 heteroatoms. The highest BCUT2D eigenvalue weighted by atomic mass is 32.2. The van der Waals surface area contributed by atoms with Crippen molar-refractivity contribution in [3.05, 3.63) is 90.0 Å². The minimum absolute atomic E-state index is 0.106. The molecule has 0 bridgehead atoms. The lowest BCUT2D eigenvalue weighted by Crippen LogP contribution is -2.14. The second kappa shape index (κ2) is 8.57. The minimum Gasteiger partial charge on any atom is -0.316 e. The number of nitrogens with zero attached hydrogens (tertiary/aromatic N) is 5. The third kappa shape index (κ3) is 4.07. The highest BCUT2D eigenvalue weighted by Crippen LogP contribution is 2.24. The summed E-state index contributed by atoms with van der Waals surface area (Å²) < 4.78 is 30.7. The molecule has 0 fully saturated rings. The van der Waals surface area contributed by atoms with Gasteiger partial charge in [-0.05, 0) is 42.3 Å². The SMILES string of the molecule is Cn1c(CCc2ccc(C#N)cc2)nc2cc(NS(=O)(=O)c3cccc4cccnc34)cnc21. The van der Waals surface area contributed by atoms with Crippen LogP contribution in [0.5, 0.6) is 0 Å². The Bertz CT molecular complexity index is 1660. The van der Waals surface area contributed by atoms with Gasteiger partial charge in [-0.25, -0.2) is 18.4 Å². The zero-order chi connectivity index (χ0) is 23.7. The van der Waals surface area contributed by atoms with Crippen molar-refractivity contribution in [2.24, 2.45) is 7.05 Å². The van der Waals surface area contributed by atoms with Gasteiger partial charge in [0.05, 0.1) is 29.0 Å². The van der Waals surface area contributed by atoms with Gasteiger partial charge in [-0.1, -0.05) is 30.3 Å². The van der Waals surface area contributed by atoms with Gasteiger partial charge in [0.1, 0.15) is 16.2 Å². The molecule has 0 unspecified atom stereocenters. The molecule has 1 N–H and O–H groups in total. The van der Waals surface area contributed by atoms with Gasteiger partial charge >= 0.3 is 0 Å². The first-order chi connectivity index (χ1) is 16.4. The molecule has 0 saturated carbocycles. The van der Waals surface area contributed by atoms with Crippen LogP contribution in [0, 0.1) is 11.3 Å². The summed E-state index contributed by atoms with van der Waals surface area (Å²) in [6.07, 6.45) is 4.50. The van der Waals surface area contributed by atoms with E-state index in [2.05, 4.69) is 25.7 Å². The number of imidazole rings is 1. The number of benzene rings is 2. The first-order valence-electron chi connectivity index (χ1n) is 10.6. The molecule has 0 aliphatic rings. The van der Waals surface area contributed by atoms with Gasteiger partial charge in [0.15, 0.2) is 5.65 Å².